The summed E-state index contributed by atoms with van der Waals surface area (Å²) in [7, 11) is 1.59. The Morgan fingerprint density at radius 1 is 1.00 bits per heavy atom. The van der Waals surface area contributed by atoms with Gasteiger partial charge in [0.05, 0.1) is 12.7 Å². The summed E-state index contributed by atoms with van der Waals surface area (Å²) in [6.45, 7) is 0. The number of rotatable bonds is 3. The van der Waals surface area contributed by atoms with Crippen LogP contribution in [0.25, 0.3) is 23.3 Å². The van der Waals surface area contributed by atoms with Gasteiger partial charge in [-0.15, -0.1) is 0 Å². The number of benzene rings is 3. The second-order valence-electron chi connectivity index (χ2n) is 7.69. The van der Waals surface area contributed by atoms with Crippen LogP contribution in [0.1, 0.15) is 27.9 Å². The fraction of sp³-hybridized carbons (Fsp3) is 0.192. The van der Waals surface area contributed by atoms with Crippen LogP contribution in [-0.4, -0.2) is 12.9 Å². The number of aryl methyl sites for hydroxylation is 1. The van der Waals surface area contributed by atoms with E-state index in [-0.39, 0.29) is 17.5 Å². The summed E-state index contributed by atoms with van der Waals surface area (Å²) in [4.78, 5) is 13.2. The summed E-state index contributed by atoms with van der Waals surface area (Å²) < 4.78 is 19.0. The van der Waals surface area contributed by atoms with Crippen LogP contribution in [0.4, 0.5) is 4.39 Å². The summed E-state index contributed by atoms with van der Waals surface area (Å²) in [6, 6.07) is 16.7. The molecule has 2 nitrogen and oxygen atoms in total. The average Bonchev–Trinajstić information content (AvgIpc) is 2.77. The van der Waals surface area contributed by atoms with E-state index in [0.29, 0.717) is 17.7 Å². The Balaban J connectivity index is 1.63. The van der Waals surface area contributed by atoms with Gasteiger partial charge in [-0.1, -0.05) is 42.5 Å². The second kappa shape index (κ2) is 7.00. The average molecular weight is 384 g/mol. The zero-order chi connectivity index (χ0) is 20.0. The minimum absolute atomic E-state index is 0.101. The molecule has 144 valence electrons. The van der Waals surface area contributed by atoms with E-state index in [0.717, 1.165) is 34.8 Å². The van der Waals surface area contributed by atoms with Crippen molar-refractivity contribution in [1.29, 1.82) is 0 Å². The Kier molecular flexibility index (Phi) is 4.31. The monoisotopic (exact) mass is 384 g/mol. The molecule has 0 N–H and O–H groups in total. The topological polar surface area (TPSA) is 26.3 Å². The van der Waals surface area contributed by atoms with Crippen molar-refractivity contribution in [2.75, 3.05) is 7.11 Å². The number of hydrogen-bond donors (Lipinski definition) is 0. The molecule has 0 saturated heterocycles. The van der Waals surface area contributed by atoms with Gasteiger partial charge in [-0.05, 0) is 76.2 Å². The highest BCUT2D eigenvalue weighted by Gasteiger charge is 2.24. The number of ether oxygens (including phenoxy) is 1. The summed E-state index contributed by atoms with van der Waals surface area (Å²) in [5.41, 5.74) is 5.11. The molecule has 0 bridgehead atoms. The predicted octanol–water partition coefficient (Wildman–Crippen LogP) is 4.06. The van der Waals surface area contributed by atoms with Gasteiger partial charge in [0, 0.05) is 5.92 Å². The minimum Gasteiger partial charge on any atom is -0.496 e. The molecule has 0 spiro atoms. The molecule has 0 heterocycles. The zero-order valence-corrected chi connectivity index (χ0v) is 16.2. The summed E-state index contributed by atoms with van der Waals surface area (Å²) in [5.74, 6) is 0.346. The third-order valence-electron chi connectivity index (χ3n) is 6.06. The molecule has 0 radical (unpaired) electrons. The standard InChI is InChI=1S/C26H21FO2/c1-29-25-5-3-2-4-23(25)26(28)18-7-6-16-8-11-21-20-13-10-19(27)14-17(20)9-12-22(21)24(16)15-18/h2-5,8,10-15,18H,6-7,9H2,1H3. The number of carbonyl (C=O) groups is 1. The molecule has 3 aromatic rings. The van der Waals surface area contributed by atoms with E-state index in [1.54, 1.807) is 13.2 Å². The van der Waals surface area contributed by atoms with Gasteiger partial charge in [-0.3, -0.25) is 4.79 Å². The molecule has 1 atom stereocenters. The molecule has 1 unspecified atom stereocenters. The molecule has 29 heavy (non-hydrogen) atoms. The van der Waals surface area contributed by atoms with E-state index < -0.39 is 0 Å². The number of fused-ring (bicyclic) bond motifs is 5. The van der Waals surface area contributed by atoms with Crippen LogP contribution >= 0.6 is 0 Å². The predicted molar refractivity (Wildman–Crippen MR) is 113 cm³/mol. The lowest BCUT2D eigenvalue weighted by Crippen LogP contribution is -2.37. The number of para-hydroxylation sites is 1. The molecule has 2 aliphatic rings. The van der Waals surface area contributed by atoms with E-state index in [9.17, 15) is 9.18 Å². The molecule has 0 saturated carbocycles. The lowest BCUT2D eigenvalue weighted by molar-refractivity contribution is 0.0943. The van der Waals surface area contributed by atoms with Crippen molar-refractivity contribution in [3.63, 3.8) is 0 Å². The smallest absolute Gasteiger partial charge is 0.173 e. The van der Waals surface area contributed by atoms with E-state index >= 15 is 0 Å². The largest absolute Gasteiger partial charge is 0.496 e. The number of halogens is 1. The van der Waals surface area contributed by atoms with Gasteiger partial charge in [-0.2, -0.15) is 0 Å². The van der Waals surface area contributed by atoms with E-state index in [1.165, 1.54) is 16.8 Å². The van der Waals surface area contributed by atoms with Crippen LogP contribution in [0.3, 0.4) is 0 Å². The van der Waals surface area contributed by atoms with Crippen LogP contribution in [0, 0.1) is 11.7 Å². The van der Waals surface area contributed by atoms with Crippen molar-refractivity contribution in [1.82, 2.24) is 0 Å². The molecule has 0 aliphatic heterocycles. The van der Waals surface area contributed by atoms with Crippen LogP contribution < -0.4 is 15.2 Å². The van der Waals surface area contributed by atoms with E-state index in [4.69, 9.17) is 4.74 Å². The number of ketones is 1. The first-order valence-corrected chi connectivity index (χ1v) is 9.95. The first-order valence-electron chi connectivity index (χ1n) is 9.95. The lowest BCUT2D eigenvalue weighted by atomic mass is 9.82. The Morgan fingerprint density at radius 3 is 2.69 bits per heavy atom. The van der Waals surface area contributed by atoms with Crippen LogP contribution in [0.2, 0.25) is 0 Å². The van der Waals surface area contributed by atoms with Crippen molar-refractivity contribution < 1.29 is 13.9 Å². The van der Waals surface area contributed by atoms with Gasteiger partial charge >= 0.3 is 0 Å². The third-order valence-corrected chi connectivity index (χ3v) is 6.06. The highest BCUT2D eigenvalue weighted by atomic mass is 19.1. The number of hydrogen-bond acceptors (Lipinski definition) is 2. The first-order chi connectivity index (χ1) is 14.2. The highest BCUT2D eigenvalue weighted by Crippen LogP contribution is 2.28. The Hall–Kier alpha value is -3.20. The Morgan fingerprint density at radius 2 is 1.83 bits per heavy atom. The minimum atomic E-state index is -0.201. The fourth-order valence-corrected chi connectivity index (χ4v) is 4.61. The third kappa shape index (κ3) is 2.98. The van der Waals surface area contributed by atoms with Crippen molar-refractivity contribution in [3.8, 4) is 16.9 Å². The molecule has 2 aliphatic carbocycles. The maximum absolute atomic E-state index is 13.6. The van der Waals surface area contributed by atoms with Crippen molar-refractivity contribution in [2.24, 2.45) is 5.92 Å². The van der Waals surface area contributed by atoms with E-state index in [2.05, 4.69) is 24.3 Å². The van der Waals surface area contributed by atoms with Crippen molar-refractivity contribution in [3.05, 3.63) is 87.5 Å². The zero-order valence-electron chi connectivity index (χ0n) is 16.2. The van der Waals surface area contributed by atoms with Gasteiger partial charge in [0.25, 0.3) is 0 Å². The number of Topliss-reactive ketones (excluding diaryl/α,β-unsaturated/α-hetero) is 1. The lowest BCUT2D eigenvalue weighted by Gasteiger charge is -2.22. The van der Waals surface area contributed by atoms with Crippen molar-refractivity contribution >= 4 is 17.9 Å². The molecule has 3 heteroatoms. The number of carbonyl (C=O) groups excluding carboxylic acids is 1. The highest BCUT2D eigenvalue weighted by molar-refractivity contribution is 6.03. The van der Waals surface area contributed by atoms with Gasteiger partial charge in [0.15, 0.2) is 5.78 Å². The normalized spacial score (nSPS) is 16.6. The maximum Gasteiger partial charge on any atom is 0.173 e. The summed E-state index contributed by atoms with van der Waals surface area (Å²) in [5, 5.41) is 2.32. The molecule has 5 rings (SSSR count). The van der Waals surface area contributed by atoms with Crippen LogP contribution in [0.5, 0.6) is 5.75 Å². The molecular formula is C26H21FO2. The van der Waals surface area contributed by atoms with Crippen LogP contribution in [-0.2, 0) is 12.8 Å². The summed E-state index contributed by atoms with van der Waals surface area (Å²) in [6.07, 6.45) is 6.66. The molecular weight excluding hydrogens is 363 g/mol. The molecule has 0 amide bonds. The van der Waals surface area contributed by atoms with Gasteiger partial charge < -0.3 is 4.74 Å². The quantitative estimate of drug-likeness (QED) is 0.637. The van der Waals surface area contributed by atoms with Gasteiger partial charge in [0.2, 0.25) is 0 Å². The molecule has 0 aromatic heterocycles. The van der Waals surface area contributed by atoms with Gasteiger partial charge in [0.1, 0.15) is 11.6 Å². The Labute approximate surface area is 169 Å². The van der Waals surface area contributed by atoms with Crippen LogP contribution in [0.15, 0.2) is 54.6 Å². The first kappa shape index (κ1) is 17.9. The Bertz CT molecular complexity index is 1260. The molecule has 0 fully saturated rings. The second-order valence-corrected chi connectivity index (χ2v) is 7.69. The summed E-state index contributed by atoms with van der Waals surface area (Å²) >= 11 is 0. The maximum atomic E-state index is 13.6. The van der Waals surface area contributed by atoms with Crippen molar-refractivity contribution in [2.45, 2.75) is 19.3 Å². The SMILES string of the molecule is COc1ccccc1C(=O)C1C=c2c(ccc3c2=CCc2cc(F)ccc2-3)CC1. The van der Waals surface area contributed by atoms with E-state index in [1.807, 2.05) is 30.3 Å². The molecule has 3 aromatic carbocycles. The number of methoxy groups -OCH3 is 1. The van der Waals surface area contributed by atoms with Gasteiger partial charge in [-0.25, -0.2) is 4.39 Å². The fourth-order valence-electron chi connectivity index (χ4n) is 4.61.